The molecule has 2 aromatic carbocycles. The van der Waals surface area contributed by atoms with Crippen LogP contribution in [0, 0.1) is 5.63 Å². The molecule has 0 saturated heterocycles. The molecule has 86 valence electrons. The van der Waals surface area contributed by atoms with Crippen LogP contribution in [0.3, 0.4) is 0 Å². The normalized spacial score (nSPS) is 8.53. The molecule has 1 nitrogen and oxygen atoms in total. The Bertz CT molecular complexity index is 477. The van der Waals surface area contributed by atoms with Gasteiger partial charge in [0.05, 0.1) is 0 Å². The number of hydrogen-bond donors (Lipinski definition) is 0. The number of benzene rings is 2. The summed E-state index contributed by atoms with van der Waals surface area (Å²) >= 11 is 0. The topological polar surface area (TPSA) is 17.1 Å². The van der Waals surface area contributed by atoms with Crippen molar-refractivity contribution in [2.24, 2.45) is 0 Å². The van der Waals surface area contributed by atoms with Gasteiger partial charge in [0.25, 0.3) is 0 Å². The van der Waals surface area contributed by atoms with Crippen LogP contribution in [0.5, 0.6) is 0 Å². The Balaban J connectivity index is 0.000000249. The Kier molecular flexibility index (Phi) is 6.82. The first-order valence-electron chi connectivity index (χ1n) is 5.54. The van der Waals surface area contributed by atoms with E-state index in [9.17, 15) is 4.57 Å². The van der Waals surface area contributed by atoms with Gasteiger partial charge in [0.15, 0.2) is 0 Å². The van der Waals surface area contributed by atoms with Gasteiger partial charge in [0.1, 0.15) is 0 Å². The largest absolute Gasteiger partial charge is 0.0622 e. The molecule has 0 unspecified atom stereocenters. The third kappa shape index (κ3) is 5.36. The molecule has 0 amide bonds. The molecule has 0 spiro atoms. The van der Waals surface area contributed by atoms with Crippen molar-refractivity contribution in [1.82, 2.24) is 0 Å². The molecular weight excluding hydrogens is 227 g/mol. The fourth-order valence-corrected chi connectivity index (χ4v) is 1.45. The minimum atomic E-state index is 0.0297. The van der Waals surface area contributed by atoms with Gasteiger partial charge >= 0.3 is 31.5 Å². The van der Waals surface area contributed by atoms with Gasteiger partial charge in [0, 0.05) is 0 Å². The van der Waals surface area contributed by atoms with Crippen molar-refractivity contribution in [2.75, 3.05) is 0 Å². The molecule has 0 fully saturated rings. The molecule has 2 aromatic rings. The second-order valence-corrected chi connectivity index (χ2v) is 3.83. The van der Waals surface area contributed by atoms with Crippen LogP contribution in [-0.4, -0.2) is 0 Å². The first kappa shape index (κ1) is 13.5. The summed E-state index contributed by atoms with van der Waals surface area (Å²) in [5, 5.41) is 0. The predicted octanol–water partition coefficient (Wildman–Crippen LogP) is 5.00. The van der Waals surface area contributed by atoms with Crippen LogP contribution in [0.4, 0.5) is 0 Å². The molecule has 2 rings (SSSR count). The number of hydrogen-bond acceptors (Lipinski definition) is 1. The van der Waals surface area contributed by atoms with Crippen LogP contribution < -0.4 is 0 Å². The summed E-state index contributed by atoms with van der Waals surface area (Å²) in [6.45, 7) is 1.89. The van der Waals surface area contributed by atoms with Crippen LogP contribution in [-0.2, 0) is 4.57 Å². The van der Waals surface area contributed by atoms with Crippen LogP contribution >= 0.6 is 7.92 Å². The molecule has 0 saturated carbocycles. The summed E-state index contributed by atoms with van der Waals surface area (Å²) in [6, 6.07) is 20.8. The van der Waals surface area contributed by atoms with E-state index >= 15 is 0 Å². The molecule has 0 heterocycles. The van der Waals surface area contributed by atoms with Crippen molar-refractivity contribution in [3.05, 3.63) is 60.7 Å². The quantitative estimate of drug-likeness (QED) is 0.643. The maximum Gasteiger partial charge on any atom is -0.0184 e. The second-order valence-electron chi connectivity index (χ2n) is 3.34. The minimum Gasteiger partial charge on any atom is -0.0622 e. The standard InChI is InChI=1S/C12H10.C3H5OP/c1-3-7-11(8-4-1)12-9-5-2-6-10-12;1-2-3-5-4/h1-10H;2H2,1H3. The van der Waals surface area contributed by atoms with Gasteiger partial charge in [-0.3, -0.25) is 0 Å². The molecule has 0 atom stereocenters. The van der Waals surface area contributed by atoms with Crippen molar-refractivity contribution in [3.8, 4) is 16.8 Å². The van der Waals surface area contributed by atoms with Crippen molar-refractivity contribution >= 4 is 7.92 Å². The van der Waals surface area contributed by atoms with Gasteiger partial charge in [-0.1, -0.05) is 60.7 Å². The summed E-state index contributed by atoms with van der Waals surface area (Å²) in [5.41, 5.74) is 5.08. The molecule has 0 N–H and O–H groups in total. The maximum absolute atomic E-state index is 9.39. The van der Waals surface area contributed by atoms with Gasteiger partial charge in [-0.15, -0.1) is 0 Å². The molecule has 17 heavy (non-hydrogen) atoms. The molecule has 0 radical (unpaired) electrons. The van der Waals surface area contributed by atoms with Crippen molar-refractivity contribution in [2.45, 2.75) is 13.3 Å². The average molecular weight is 242 g/mol. The van der Waals surface area contributed by atoms with Crippen molar-refractivity contribution in [1.29, 1.82) is 0 Å². The molecule has 0 aliphatic rings. The average Bonchev–Trinajstić information content (AvgIpc) is 2.42. The Morgan fingerprint density at radius 3 is 1.53 bits per heavy atom. The van der Waals surface area contributed by atoms with E-state index in [0.29, 0.717) is 0 Å². The van der Waals surface area contributed by atoms with Crippen molar-refractivity contribution < 1.29 is 4.57 Å². The van der Waals surface area contributed by atoms with Gasteiger partial charge in [0.2, 0.25) is 0 Å². The SMILES string of the molecule is CCC#P=O.c1ccc(-c2ccccc2)cc1. The summed E-state index contributed by atoms with van der Waals surface area (Å²) in [5.74, 6) is 0. The molecular formula is C15H15OP. The van der Waals surface area contributed by atoms with Gasteiger partial charge in [-0.25, -0.2) is 0 Å². The van der Waals surface area contributed by atoms with Crippen LogP contribution in [0.15, 0.2) is 60.7 Å². The second kappa shape index (κ2) is 8.58. The predicted molar refractivity (Wildman–Crippen MR) is 73.7 cm³/mol. The third-order valence-corrected chi connectivity index (χ3v) is 2.55. The van der Waals surface area contributed by atoms with E-state index in [-0.39, 0.29) is 7.92 Å². The Morgan fingerprint density at radius 2 is 1.29 bits per heavy atom. The first-order valence-corrected chi connectivity index (χ1v) is 6.35. The monoisotopic (exact) mass is 242 g/mol. The maximum atomic E-state index is 9.39. The van der Waals surface area contributed by atoms with E-state index in [4.69, 9.17) is 0 Å². The van der Waals surface area contributed by atoms with E-state index in [1.807, 2.05) is 19.1 Å². The van der Waals surface area contributed by atoms with E-state index in [1.165, 1.54) is 11.1 Å². The Labute approximate surface area is 104 Å². The minimum absolute atomic E-state index is 0.0297. The Morgan fingerprint density at radius 1 is 0.882 bits per heavy atom. The van der Waals surface area contributed by atoms with Crippen LogP contribution in [0.25, 0.3) is 11.1 Å². The molecule has 0 aromatic heterocycles. The fourth-order valence-electron chi connectivity index (χ4n) is 1.33. The molecule has 2 heteroatoms. The Hall–Kier alpha value is -1.55. The van der Waals surface area contributed by atoms with Gasteiger partial charge in [-0.05, 0) is 11.1 Å². The van der Waals surface area contributed by atoms with E-state index in [1.54, 1.807) is 0 Å². The zero-order chi connectivity index (χ0) is 12.3. The fraction of sp³-hybridized carbons (Fsp3) is 0.133. The zero-order valence-electron chi connectivity index (χ0n) is 9.84. The van der Waals surface area contributed by atoms with E-state index < -0.39 is 0 Å². The van der Waals surface area contributed by atoms with Crippen LogP contribution in [0.2, 0.25) is 0 Å². The van der Waals surface area contributed by atoms with Gasteiger partial charge in [-0.2, -0.15) is 0 Å². The zero-order valence-corrected chi connectivity index (χ0v) is 10.7. The third-order valence-electron chi connectivity index (χ3n) is 2.10. The smallest absolute Gasteiger partial charge is 0.0184 e. The summed E-state index contributed by atoms with van der Waals surface area (Å²) < 4.78 is 9.39. The number of rotatable bonds is 1. The molecule has 0 bridgehead atoms. The summed E-state index contributed by atoms with van der Waals surface area (Å²) in [6.07, 6.45) is 0.769. The van der Waals surface area contributed by atoms with Crippen LogP contribution in [0.1, 0.15) is 13.3 Å². The van der Waals surface area contributed by atoms with Crippen molar-refractivity contribution in [3.63, 3.8) is 0 Å². The molecule has 0 aliphatic carbocycles. The summed E-state index contributed by atoms with van der Waals surface area (Å²) in [4.78, 5) is 0. The van der Waals surface area contributed by atoms with E-state index in [2.05, 4.69) is 54.2 Å². The first-order chi connectivity index (χ1) is 8.38. The van der Waals surface area contributed by atoms with E-state index in [0.717, 1.165) is 6.42 Å². The van der Waals surface area contributed by atoms with Gasteiger partial charge < -0.3 is 0 Å². The summed E-state index contributed by atoms with van der Waals surface area (Å²) in [7, 11) is 0.0297. The molecule has 0 aliphatic heterocycles.